The van der Waals surface area contributed by atoms with Crippen LogP contribution in [0.4, 0.5) is 0 Å². The number of H-pyrrole nitrogens is 1. The molecule has 0 saturated carbocycles. The van der Waals surface area contributed by atoms with E-state index < -0.39 is 0 Å². The summed E-state index contributed by atoms with van der Waals surface area (Å²) in [6, 6.07) is 16.7. The number of halogens is 1. The zero-order chi connectivity index (χ0) is 19.9. The fourth-order valence-electron chi connectivity index (χ4n) is 3.62. The average Bonchev–Trinajstić information content (AvgIpc) is 3.35. The molecule has 2 aromatic heterocycles. The van der Waals surface area contributed by atoms with E-state index in [1.165, 1.54) is 22.0 Å². The molecule has 0 aliphatic carbocycles. The molecule has 0 unspecified atom stereocenters. The summed E-state index contributed by atoms with van der Waals surface area (Å²) in [4.78, 5) is 12.5. The second-order valence-electron chi connectivity index (χ2n) is 7.08. The van der Waals surface area contributed by atoms with Crippen LogP contribution in [-0.4, -0.2) is 40.1 Å². The van der Waals surface area contributed by atoms with E-state index in [4.69, 9.17) is 4.99 Å². The molecular formula is C23H29IN6. The van der Waals surface area contributed by atoms with Crippen LogP contribution in [0.1, 0.15) is 18.9 Å². The lowest BCUT2D eigenvalue weighted by molar-refractivity contribution is 0.661. The number of nitrogens with zero attached hydrogens (tertiary/aromatic N) is 3. The summed E-state index contributed by atoms with van der Waals surface area (Å²) in [5.41, 5.74) is 4.74. The number of hydrogen-bond donors (Lipinski definition) is 3. The number of guanidine groups is 1. The van der Waals surface area contributed by atoms with E-state index in [9.17, 15) is 0 Å². The molecule has 0 bridgehead atoms. The maximum Gasteiger partial charge on any atom is 0.191 e. The first-order valence-electron chi connectivity index (χ1n) is 10.3. The molecule has 0 radical (unpaired) electrons. The molecule has 2 aromatic carbocycles. The zero-order valence-electron chi connectivity index (χ0n) is 17.3. The van der Waals surface area contributed by atoms with Crippen molar-refractivity contribution in [3.05, 3.63) is 66.6 Å². The van der Waals surface area contributed by atoms with Crippen molar-refractivity contribution in [3.63, 3.8) is 0 Å². The minimum atomic E-state index is 0. The van der Waals surface area contributed by atoms with Gasteiger partial charge in [-0.25, -0.2) is 4.98 Å². The largest absolute Gasteiger partial charge is 0.361 e. The number of aliphatic imine (C=N–C) groups is 1. The predicted molar refractivity (Wildman–Crippen MR) is 136 cm³/mol. The highest BCUT2D eigenvalue weighted by Gasteiger charge is 2.04. The minimum absolute atomic E-state index is 0. The van der Waals surface area contributed by atoms with Crippen LogP contribution >= 0.6 is 24.0 Å². The van der Waals surface area contributed by atoms with Gasteiger partial charge in [-0.2, -0.15) is 0 Å². The van der Waals surface area contributed by atoms with Gasteiger partial charge in [-0.15, -0.1) is 24.0 Å². The Balaban J connectivity index is 0.00000256. The average molecular weight is 516 g/mol. The Morgan fingerprint density at radius 2 is 1.93 bits per heavy atom. The number of aryl methyl sites for hydroxylation is 1. The molecule has 0 atom stereocenters. The van der Waals surface area contributed by atoms with Gasteiger partial charge in [0.05, 0.1) is 17.4 Å². The molecule has 2 heterocycles. The number of hydrogen-bond acceptors (Lipinski definition) is 2. The summed E-state index contributed by atoms with van der Waals surface area (Å²) < 4.78 is 2.20. The van der Waals surface area contributed by atoms with Crippen molar-refractivity contribution in [2.75, 3.05) is 19.6 Å². The van der Waals surface area contributed by atoms with Crippen LogP contribution in [0.25, 0.3) is 21.9 Å². The fraction of sp³-hybridized carbons (Fsp3) is 0.304. The van der Waals surface area contributed by atoms with E-state index in [0.717, 1.165) is 50.5 Å². The molecule has 4 rings (SSSR count). The van der Waals surface area contributed by atoms with Crippen molar-refractivity contribution in [2.45, 2.75) is 26.3 Å². The minimum Gasteiger partial charge on any atom is -0.361 e. The smallest absolute Gasteiger partial charge is 0.191 e. The number of benzene rings is 2. The van der Waals surface area contributed by atoms with Gasteiger partial charge in [-0.1, -0.05) is 30.3 Å². The lowest BCUT2D eigenvalue weighted by atomic mass is 10.1. The molecule has 0 aliphatic heterocycles. The first kappa shape index (κ1) is 22.1. The van der Waals surface area contributed by atoms with Crippen LogP contribution in [0.5, 0.6) is 0 Å². The van der Waals surface area contributed by atoms with Gasteiger partial charge < -0.3 is 20.2 Å². The maximum absolute atomic E-state index is 4.73. The first-order valence-corrected chi connectivity index (χ1v) is 10.3. The highest BCUT2D eigenvalue weighted by atomic mass is 127. The molecule has 30 heavy (non-hydrogen) atoms. The van der Waals surface area contributed by atoms with Crippen molar-refractivity contribution in [1.29, 1.82) is 0 Å². The van der Waals surface area contributed by atoms with Crippen molar-refractivity contribution in [3.8, 4) is 0 Å². The first-order chi connectivity index (χ1) is 14.3. The number of rotatable bonds is 8. The topological polar surface area (TPSA) is 70.0 Å². The monoisotopic (exact) mass is 516 g/mol. The number of aromatic nitrogens is 3. The van der Waals surface area contributed by atoms with Gasteiger partial charge in [0, 0.05) is 43.3 Å². The molecule has 0 saturated heterocycles. The number of nitrogens with one attached hydrogen (secondary N) is 3. The van der Waals surface area contributed by atoms with Gasteiger partial charge in [0.2, 0.25) is 0 Å². The van der Waals surface area contributed by atoms with Gasteiger partial charge in [0.25, 0.3) is 0 Å². The van der Waals surface area contributed by atoms with E-state index in [1.807, 2.05) is 18.5 Å². The van der Waals surface area contributed by atoms with Gasteiger partial charge in [-0.05, 0) is 43.5 Å². The second-order valence-corrected chi connectivity index (χ2v) is 7.08. The Morgan fingerprint density at radius 3 is 2.83 bits per heavy atom. The van der Waals surface area contributed by atoms with Crippen LogP contribution in [0, 0.1) is 0 Å². The third-order valence-electron chi connectivity index (χ3n) is 5.06. The SMILES string of the molecule is CCNC(=NCCCn1cnc2ccccc21)NCCc1c[nH]c2ccccc12.I. The standard InChI is InChI=1S/C23H28N6.HI/c1-2-24-23(26-14-12-18-16-27-20-9-4-3-8-19(18)20)25-13-7-15-29-17-28-21-10-5-6-11-22(21)29;/h3-6,8-11,16-17,27H,2,7,12-15H2,1H3,(H2,24,25,26);1H. The molecule has 4 aromatic rings. The zero-order valence-corrected chi connectivity index (χ0v) is 19.6. The molecule has 0 spiro atoms. The Morgan fingerprint density at radius 1 is 1.10 bits per heavy atom. The van der Waals surface area contributed by atoms with E-state index >= 15 is 0 Å². The van der Waals surface area contributed by atoms with Crippen molar-refractivity contribution < 1.29 is 0 Å². The maximum atomic E-state index is 4.73. The summed E-state index contributed by atoms with van der Waals surface area (Å²) in [6.45, 7) is 5.48. The Hall–Kier alpha value is -2.55. The normalized spacial score (nSPS) is 11.6. The van der Waals surface area contributed by atoms with Gasteiger partial charge in [-0.3, -0.25) is 4.99 Å². The Labute approximate surface area is 194 Å². The summed E-state index contributed by atoms with van der Waals surface area (Å²) in [7, 11) is 0. The highest BCUT2D eigenvalue weighted by molar-refractivity contribution is 14.0. The quantitative estimate of drug-likeness (QED) is 0.141. The van der Waals surface area contributed by atoms with Gasteiger partial charge in [0.15, 0.2) is 5.96 Å². The van der Waals surface area contributed by atoms with Crippen molar-refractivity contribution >= 4 is 51.9 Å². The molecule has 7 heteroatoms. The third-order valence-corrected chi connectivity index (χ3v) is 5.06. The Kier molecular flexibility index (Phi) is 8.12. The fourth-order valence-corrected chi connectivity index (χ4v) is 3.62. The third kappa shape index (κ3) is 5.33. The van der Waals surface area contributed by atoms with Crippen molar-refractivity contribution in [1.82, 2.24) is 25.2 Å². The van der Waals surface area contributed by atoms with Crippen LogP contribution in [0.15, 0.2) is 66.0 Å². The van der Waals surface area contributed by atoms with Crippen LogP contribution < -0.4 is 10.6 Å². The molecular weight excluding hydrogens is 487 g/mol. The van der Waals surface area contributed by atoms with Gasteiger partial charge >= 0.3 is 0 Å². The number of aromatic amines is 1. The molecule has 0 aliphatic rings. The van der Waals surface area contributed by atoms with Crippen LogP contribution in [0.2, 0.25) is 0 Å². The number of fused-ring (bicyclic) bond motifs is 2. The highest BCUT2D eigenvalue weighted by Crippen LogP contribution is 2.17. The van der Waals surface area contributed by atoms with E-state index in [1.54, 1.807) is 0 Å². The van der Waals surface area contributed by atoms with E-state index in [-0.39, 0.29) is 24.0 Å². The molecule has 3 N–H and O–H groups in total. The van der Waals surface area contributed by atoms with Gasteiger partial charge in [0.1, 0.15) is 0 Å². The van der Waals surface area contributed by atoms with E-state index in [0.29, 0.717) is 0 Å². The van der Waals surface area contributed by atoms with Crippen molar-refractivity contribution in [2.24, 2.45) is 4.99 Å². The number of imidazole rings is 1. The van der Waals surface area contributed by atoms with Crippen LogP contribution in [-0.2, 0) is 13.0 Å². The summed E-state index contributed by atoms with van der Waals surface area (Å²) in [5.74, 6) is 0.878. The lowest BCUT2D eigenvalue weighted by Crippen LogP contribution is -2.38. The number of para-hydroxylation sites is 3. The Bertz CT molecular complexity index is 1100. The summed E-state index contributed by atoms with van der Waals surface area (Å²) in [5, 5.41) is 8.08. The molecule has 0 fully saturated rings. The van der Waals surface area contributed by atoms with E-state index in [2.05, 4.69) is 74.7 Å². The summed E-state index contributed by atoms with van der Waals surface area (Å²) in [6.07, 6.45) is 5.94. The molecule has 158 valence electrons. The molecule has 6 nitrogen and oxygen atoms in total. The summed E-state index contributed by atoms with van der Waals surface area (Å²) >= 11 is 0. The second kappa shape index (κ2) is 11.0. The molecule has 0 amide bonds. The van der Waals surface area contributed by atoms with Crippen LogP contribution in [0.3, 0.4) is 0 Å². The lowest BCUT2D eigenvalue weighted by Gasteiger charge is -2.11. The predicted octanol–water partition coefficient (Wildman–Crippen LogP) is 4.32.